The first-order valence-corrected chi connectivity index (χ1v) is 10.8. The lowest BCUT2D eigenvalue weighted by molar-refractivity contribution is -0.140. The van der Waals surface area contributed by atoms with E-state index in [4.69, 9.17) is 27.9 Å². The molecule has 0 aliphatic heterocycles. The maximum absolute atomic E-state index is 13.2. The number of rotatable bonds is 10. The molecule has 0 fully saturated rings. The highest BCUT2D eigenvalue weighted by Crippen LogP contribution is 2.27. The van der Waals surface area contributed by atoms with Gasteiger partial charge in [-0.1, -0.05) is 54.7 Å². The van der Waals surface area contributed by atoms with Crippen LogP contribution in [0.5, 0.6) is 5.75 Å². The first kappa shape index (κ1) is 24.0. The molecule has 0 aliphatic carbocycles. The Bertz CT molecular complexity index is 836. The second-order valence-corrected chi connectivity index (χ2v) is 7.88. The van der Waals surface area contributed by atoms with Gasteiger partial charge < -0.3 is 15.0 Å². The van der Waals surface area contributed by atoms with Crippen molar-refractivity contribution in [3.63, 3.8) is 0 Å². The number of nitrogens with one attached hydrogen (secondary N) is 1. The summed E-state index contributed by atoms with van der Waals surface area (Å²) in [5.74, 6) is 0.332. The summed E-state index contributed by atoms with van der Waals surface area (Å²) >= 11 is 12.6. The van der Waals surface area contributed by atoms with Crippen molar-refractivity contribution < 1.29 is 14.3 Å². The molecule has 162 valence electrons. The molecule has 0 aromatic heterocycles. The average molecular weight is 451 g/mol. The first-order chi connectivity index (χ1) is 14.4. The van der Waals surface area contributed by atoms with Crippen molar-refractivity contribution >= 4 is 35.0 Å². The zero-order valence-electron chi connectivity index (χ0n) is 17.6. The van der Waals surface area contributed by atoms with Gasteiger partial charge in [0.05, 0.1) is 13.5 Å². The van der Waals surface area contributed by atoms with Gasteiger partial charge >= 0.3 is 0 Å². The average Bonchev–Trinajstić information content (AvgIpc) is 2.73. The van der Waals surface area contributed by atoms with E-state index in [1.165, 1.54) is 4.90 Å². The van der Waals surface area contributed by atoms with Crippen LogP contribution in [0.15, 0.2) is 42.5 Å². The van der Waals surface area contributed by atoms with E-state index in [1.54, 1.807) is 44.4 Å². The molecule has 1 N–H and O–H groups in total. The van der Waals surface area contributed by atoms with Crippen LogP contribution in [0.25, 0.3) is 0 Å². The summed E-state index contributed by atoms with van der Waals surface area (Å²) in [6, 6.07) is 11.8. The summed E-state index contributed by atoms with van der Waals surface area (Å²) in [5, 5.41) is 3.82. The summed E-state index contributed by atoms with van der Waals surface area (Å²) in [4.78, 5) is 27.4. The number of benzene rings is 2. The maximum Gasteiger partial charge on any atom is 0.242 e. The molecule has 5 nitrogen and oxygen atoms in total. The molecule has 2 rings (SSSR count). The smallest absolute Gasteiger partial charge is 0.242 e. The lowest BCUT2D eigenvalue weighted by Crippen LogP contribution is -2.48. The van der Waals surface area contributed by atoms with E-state index >= 15 is 0 Å². The minimum Gasteiger partial charge on any atom is -0.497 e. The van der Waals surface area contributed by atoms with Crippen LogP contribution in [0.2, 0.25) is 10.0 Å². The minimum atomic E-state index is -0.667. The van der Waals surface area contributed by atoms with Gasteiger partial charge in [0.1, 0.15) is 11.8 Å². The van der Waals surface area contributed by atoms with Crippen molar-refractivity contribution in [2.45, 2.75) is 45.7 Å². The second kappa shape index (κ2) is 11.8. The Labute approximate surface area is 188 Å². The molecule has 0 unspecified atom stereocenters. The monoisotopic (exact) mass is 450 g/mol. The fraction of sp³-hybridized carbons (Fsp3) is 0.391. The van der Waals surface area contributed by atoms with Gasteiger partial charge in [-0.25, -0.2) is 0 Å². The number of halogens is 2. The van der Waals surface area contributed by atoms with Crippen molar-refractivity contribution in [2.75, 3.05) is 13.7 Å². The number of carbonyl (C=O) groups excluding carboxylic acids is 2. The molecule has 0 radical (unpaired) electrons. The highest BCUT2D eigenvalue weighted by atomic mass is 35.5. The standard InChI is InChI=1S/C23H28Cl2N2O3/c1-4-5-13-26-23(29)16(2)27(15-19-20(24)7-6-8-21(19)25)22(28)14-17-9-11-18(30-3)12-10-17/h6-12,16H,4-5,13-15H2,1-3H3,(H,26,29)/t16-/m0/s1. The predicted molar refractivity (Wildman–Crippen MR) is 121 cm³/mol. The van der Waals surface area contributed by atoms with Crippen molar-refractivity contribution in [1.29, 1.82) is 0 Å². The summed E-state index contributed by atoms with van der Waals surface area (Å²) in [6.07, 6.45) is 2.01. The van der Waals surface area contributed by atoms with Crippen molar-refractivity contribution in [2.24, 2.45) is 0 Å². The van der Waals surface area contributed by atoms with Gasteiger partial charge in [0, 0.05) is 28.7 Å². The summed E-state index contributed by atoms with van der Waals surface area (Å²) in [5.41, 5.74) is 1.45. The molecule has 0 saturated carbocycles. The molecule has 0 spiro atoms. The summed E-state index contributed by atoms with van der Waals surface area (Å²) in [7, 11) is 1.59. The molecule has 0 aliphatic rings. The Morgan fingerprint density at radius 1 is 1.10 bits per heavy atom. The van der Waals surface area contributed by atoms with Gasteiger partial charge in [-0.3, -0.25) is 9.59 Å². The fourth-order valence-electron chi connectivity index (χ4n) is 2.99. The van der Waals surface area contributed by atoms with Crippen LogP contribution in [0.4, 0.5) is 0 Å². The van der Waals surface area contributed by atoms with Crippen LogP contribution < -0.4 is 10.1 Å². The Morgan fingerprint density at radius 3 is 2.30 bits per heavy atom. The van der Waals surface area contributed by atoms with Gasteiger partial charge in [-0.2, -0.15) is 0 Å². The Kier molecular flexibility index (Phi) is 9.47. The Morgan fingerprint density at radius 2 is 1.73 bits per heavy atom. The third-order valence-electron chi connectivity index (χ3n) is 4.90. The van der Waals surface area contributed by atoms with Crippen LogP contribution in [-0.2, 0) is 22.6 Å². The van der Waals surface area contributed by atoms with Crippen LogP contribution in [0, 0.1) is 0 Å². The third kappa shape index (κ3) is 6.64. The highest BCUT2D eigenvalue weighted by Gasteiger charge is 2.27. The number of hydrogen-bond acceptors (Lipinski definition) is 3. The predicted octanol–water partition coefficient (Wildman–Crippen LogP) is 4.88. The molecule has 0 bridgehead atoms. The molecule has 7 heteroatoms. The zero-order chi connectivity index (χ0) is 22.1. The SMILES string of the molecule is CCCCNC(=O)[C@H](C)N(Cc1c(Cl)cccc1Cl)C(=O)Cc1ccc(OC)cc1. The van der Waals surface area contributed by atoms with E-state index in [1.807, 2.05) is 12.1 Å². The number of methoxy groups -OCH3 is 1. The van der Waals surface area contributed by atoms with Gasteiger partial charge in [0.2, 0.25) is 11.8 Å². The molecule has 0 heterocycles. The second-order valence-electron chi connectivity index (χ2n) is 7.07. The Balaban J connectivity index is 2.24. The lowest BCUT2D eigenvalue weighted by Gasteiger charge is -2.29. The first-order valence-electron chi connectivity index (χ1n) is 10.00. The van der Waals surface area contributed by atoms with Gasteiger partial charge in [0.15, 0.2) is 0 Å². The number of nitrogens with zero attached hydrogens (tertiary/aromatic N) is 1. The quantitative estimate of drug-likeness (QED) is 0.524. The third-order valence-corrected chi connectivity index (χ3v) is 5.61. The molecule has 2 amide bonds. The molecule has 2 aromatic carbocycles. The van der Waals surface area contributed by atoms with Crippen molar-refractivity contribution in [3.05, 3.63) is 63.6 Å². The zero-order valence-corrected chi connectivity index (χ0v) is 19.1. The van der Waals surface area contributed by atoms with Gasteiger partial charge in [-0.15, -0.1) is 0 Å². The van der Waals surface area contributed by atoms with Crippen molar-refractivity contribution in [3.8, 4) is 5.75 Å². The van der Waals surface area contributed by atoms with Crippen LogP contribution >= 0.6 is 23.2 Å². The maximum atomic E-state index is 13.2. The van der Waals surface area contributed by atoms with Crippen LogP contribution in [0.1, 0.15) is 37.8 Å². The highest BCUT2D eigenvalue weighted by molar-refractivity contribution is 6.36. The number of carbonyl (C=O) groups is 2. The van der Waals surface area contributed by atoms with Crippen LogP contribution in [0.3, 0.4) is 0 Å². The molecule has 0 saturated heterocycles. The van der Waals surface area contributed by atoms with E-state index in [0.717, 1.165) is 24.2 Å². The number of amides is 2. The number of ether oxygens (including phenoxy) is 1. The van der Waals surface area contributed by atoms with Gasteiger partial charge in [0.25, 0.3) is 0 Å². The van der Waals surface area contributed by atoms with E-state index in [9.17, 15) is 9.59 Å². The Hall–Kier alpha value is -2.24. The topological polar surface area (TPSA) is 58.6 Å². The lowest BCUT2D eigenvalue weighted by atomic mass is 10.1. The normalized spacial score (nSPS) is 11.6. The summed E-state index contributed by atoms with van der Waals surface area (Å²) < 4.78 is 5.17. The molecule has 1 atom stereocenters. The molecular weight excluding hydrogens is 423 g/mol. The summed E-state index contributed by atoms with van der Waals surface area (Å²) in [6.45, 7) is 4.50. The van der Waals surface area contributed by atoms with E-state index < -0.39 is 6.04 Å². The number of hydrogen-bond donors (Lipinski definition) is 1. The van der Waals surface area contributed by atoms with E-state index in [-0.39, 0.29) is 24.8 Å². The fourth-order valence-corrected chi connectivity index (χ4v) is 3.51. The molecular formula is C23H28Cl2N2O3. The van der Waals surface area contributed by atoms with Crippen molar-refractivity contribution in [1.82, 2.24) is 10.2 Å². The van der Waals surface area contributed by atoms with E-state index in [0.29, 0.717) is 22.2 Å². The minimum absolute atomic E-state index is 0.149. The van der Waals surface area contributed by atoms with E-state index in [2.05, 4.69) is 12.2 Å². The number of unbranched alkanes of at least 4 members (excludes halogenated alkanes) is 1. The van der Waals surface area contributed by atoms with Gasteiger partial charge in [-0.05, 0) is 43.2 Å². The molecule has 2 aromatic rings. The largest absolute Gasteiger partial charge is 0.497 e. The molecule has 30 heavy (non-hydrogen) atoms. The van der Waals surface area contributed by atoms with Crippen LogP contribution in [-0.4, -0.2) is 36.4 Å².